The quantitative estimate of drug-likeness (QED) is 0.661. The van der Waals surface area contributed by atoms with Gasteiger partial charge < -0.3 is 9.80 Å². The molecule has 0 bridgehead atoms. The number of benzene rings is 1. The van der Waals surface area contributed by atoms with Gasteiger partial charge in [0.25, 0.3) is 5.91 Å². The van der Waals surface area contributed by atoms with E-state index in [1.54, 1.807) is 0 Å². The third kappa shape index (κ3) is 4.29. The summed E-state index contributed by atoms with van der Waals surface area (Å²) in [5.41, 5.74) is 0.743. The molecule has 2 amide bonds. The van der Waals surface area contributed by atoms with E-state index in [4.69, 9.17) is 0 Å². The molecule has 0 unspecified atom stereocenters. The lowest BCUT2D eigenvalue weighted by atomic mass is 9.94. The molecule has 0 spiro atoms. The molecule has 0 N–H and O–H groups in total. The minimum atomic E-state index is 0.0899. The summed E-state index contributed by atoms with van der Waals surface area (Å²) in [6, 6.07) is 7.70. The molecule has 2 heterocycles. The molecule has 130 valence electrons. The Hall–Kier alpha value is -1.11. The van der Waals surface area contributed by atoms with Crippen molar-refractivity contribution in [3.8, 4) is 0 Å². The van der Waals surface area contributed by atoms with E-state index in [0.29, 0.717) is 19.0 Å². The Labute approximate surface area is 157 Å². The standard InChI is InChI=1S/C19H25IN2O2/c20-17-7-5-15(6-8-17)18(23)22-13-9-16(10-14-22)19(24)21-11-3-1-2-4-12-21/h5-8,16H,1-4,9-14H2. The van der Waals surface area contributed by atoms with Gasteiger partial charge in [0.05, 0.1) is 0 Å². The number of likely N-dealkylation sites (tertiary alicyclic amines) is 2. The lowest BCUT2D eigenvalue weighted by Gasteiger charge is -2.34. The number of nitrogens with zero attached hydrogens (tertiary/aromatic N) is 2. The van der Waals surface area contributed by atoms with Crippen LogP contribution in [0.3, 0.4) is 0 Å². The second-order valence-corrected chi connectivity index (χ2v) is 8.06. The van der Waals surface area contributed by atoms with Crippen molar-refractivity contribution in [1.82, 2.24) is 9.80 Å². The summed E-state index contributed by atoms with van der Waals surface area (Å²) in [5.74, 6) is 0.509. The first-order valence-corrected chi connectivity index (χ1v) is 10.1. The summed E-state index contributed by atoms with van der Waals surface area (Å²) < 4.78 is 1.13. The summed E-state index contributed by atoms with van der Waals surface area (Å²) in [5, 5.41) is 0. The second-order valence-electron chi connectivity index (χ2n) is 6.81. The maximum atomic E-state index is 12.7. The molecule has 2 fully saturated rings. The fourth-order valence-electron chi connectivity index (χ4n) is 3.65. The summed E-state index contributed by atoms with van der Waals surface area (Å²) >= 11 is 2.24. The van der Waals surface area contributed by atoms with Gasteiger partial charge in [-0.2, -0.15) is 0 Å². The topological polar surface area (TPSA) is 40.6 Å². The molecule has 0 radical (unpaired) electrons. The Morgan fingerprint density at radius 1 is 0.833 bits per heavy atom. The fraction of sp³-hybridized carbons (Fsp3) is 0.579. The van der Waals surface area contributed by atoms with Crippen molar-refractivity contribution in [2.45, 2.75) is 38.5 Å². The number of hydrogen-bond acceptors (Lipinski definition) is 2. The fourth-order valence-corrected chi connectivity index (χ4v) is 4.01. The van der Waals surface area contributed by atoms with Gasteiger partial charge in [-0.15, -0.1) is 0 Å². The predicted octanol–water partition coefficient (Wildman–Crippen LogP) is 3.55. The first-order valence-electron chi connectivity index (χ1n) is 8.99. The minimum absolute atomic E-state index is 0.0899. The highest BCUT2D eigenvalue weighted by atomic mass is 127. The van der Waals surface area contributed by atoms with E-state index in [2.05, 4.69) is 27.5 Å². The molecule has 24 heavy (non-hydrogen) atoms. The summed E-state index contributed by atoms with van der Waals surface area (Å²) in [6.45, 7) is 3.21. The number of halogens is 1. The molecule has 1 aromatic rings. The van der Waals surface area contributed by atoms with E-state index in [1.165, 1.54) is 12.8 Å². The lowest BCUT2D eigenvalue weighted by molar-refractivity contribution is -0.136. The van der Waals surface area contributed by atoms with Gasteiger partial charge in [0, 0.05) is 41.2 Å². The maximum Gasteiger partial charge on any atom is 0.253 e. The van der Waals surface area contributed by atoms with Gasteiger partial charge in [-0.1, -0.05) is 12.8 Å². The molecule has 5 heteroatoms. The molecule has 2 saturated heterocycles. The zero-order valence-electron chi connectivity index (χ0n) is 14.0. The monoisotopic (exact) mass is 440 g/mol. The van der Waals surface area contributed by atoms with Crippen LogP contribution in [0.4, 0.5) is 0 Å². The second kappa shape index (κ2) is 8.32. The van der Waals surface area contributed by atoms with Gasteiger partial charge in [0.1, 0.15) is 0 Å². The summed E-state index contributed by atoms with van der Waals surface area (Å²) in [6.07, 6.45) is 6.35. The maximum absolute atomic E-state index is 12.7. The van der Waals surface area contributed by atoms with Crippen molar-refractivity contribution < 1.29 is 9.59 Å². The Balaban J connectivity index is 1.54. The molecule has 2 aliphatic rings. The van der Waals surface area contributed by atoms with E-state index in [9.17, 15) is 9.59 Å². The Bertz CT molecular complexity index is 572. The lowest BCUT2D eigenvalue weighted by Crippen LogP contribution is -2.44. The van der Waals surface area contributed by atoms with Gasteiger partial charge in [-0.25, -0.2) is 0 Å². The average Bonchev–Trinajstić information content (AvgIpc) is 2.91. The predicted molar refractivity (Wildman–Crippen MR) is 103 cm³/mol. The molecule has 1 aromatic carbocycles. The Morgan fingerprint density at radius 3 is 2.00 bits per heavy atom. The first-order chi connectivity index (χ1) is 11.6. The molecule has 0 saturated carbocycles. The number of piperidine rings is 1. The Morgan fingerprint density at radius 2 is 1.42 bits per heavy atom. The number of hydrogen-bond donors (Lipinski definition) is 0. The SMILES string of the molecule is O=C(c1ccc(I)cc1)N1CCC(C(=O)N2CCCCCC2)CC1. The third-order valence-electron chi connectivity index (χ3n) is 5.14. The van der Waals surface area contributed by atoms with Gasteiger partial charge in [-0.05, 0) is 72.5 Å². The molecule has 0 aliphatic carbocycles. The molecule has 0 atom stereocenters. The van der Waals surface area contributed by atoms with E-state index in [0.717, 1.165) is 47.9 Å². The number of amides is 2. The molecule has 4 nitrogen and oxygen atoms in total. The highest BCUT2D eigenvalue weighted by Gasteiger charge is 2.30. The van der Waals surface area contributed by atoms with Crippen molar-refractivity contribution in [3.05, 3.63) is 33.4 Å². The molecule has 0 aromatic heterocycles. The van der Waals surface area contributed by atoms with Crippen LogP contribution in [0.1, 0.15) is 48.9 Å². The van der Waals surface area contributed by atoms with Crippen LogP contribution in [0.25, 0.3) is 0 Å². The van der Waals surface area contributed by atoms with Crippen LogP contribution in [-0.4, -0.2) is 47.8 Å². The summed E-state index contributed by atoms with van der Waals surface area (Å²) in [7, 11) is 0. The molecular formula is C19H25IN2O2. The smallest absolute Gasteiger partial charge is 0.253 e. The largest absolute Gasteiger partial charge is 0.342 e. The van der Waals surface area contributed by atoms with Gasteiger partial charge >= 0.3 is 0 Å². The van der Waals surface area contributed by atoms with E-state index >= 15 is 0 Å². The minimum Gasteiger partial charge on any atom is -0.342 e. The normalized spacial score (nSPS) is 19.9. The number of carbonyl (C=O) groups is 2. The van der Waals surface area contributed by atoms with Crippen molar-refractivity contribution in [2.24, 2.45) is 5.92 Å². The zero-order chi connectivity index (χ0) is 16.9. The van der Waals surface area contributed by atoms with Crippen LogP contribution >= 0.6 is 22.6 Å². The van der Waals surface area contributed by atoms with E-state index in [-0.39, 0.29) is 11.8 Å². The number of carbonyl (C=O) groups excluding carboxylic acids is 2. The van der Waals surface area contributed by atoms with E-state index < -0.39 is 0 Å². The Kier molecular flexibility index (Phi) is 6.14. The van der Waals surface area contributed by atoms with Crippen LogP contribution in [0.5, 0.6) is 0 Å². The molecule has 2 aliphatic heterocycles. The van der Waals surface area contributed by atoms with Gasteiger partial charge in [0.2, 0.25) is 5.91 Å². The number of rotatable bonds is 2. The molecule has 3 rings (SSSR count). The highest BCUT2D eigenvalue weighted by Crippen LogP contribution is 2.23. The average molecular weight is 440 g/mol. The van der Waals surface area contributed by atoms with Crippen molar-refractivity contribution in [3.63, 3.8) is 0 Å². The van der Waals surface area contributed by atoms with Crippen LogP contribution in [-0.2, 0) is 4.79 Å². The zero-order valence-corrected chi connectivity index (χ0v) is 16.2. The third-order valence-corrected chi connectivity index (χ3v) is 5.86. The van der Waals surface area contributed by atoms with Crippen LogP contribution < -0.4 is 0 Å². The van der Waals surface area contributed by atoms with Crippen LogP contribution in [0.2, 0.25) is 0 Å². The van der Waals surface area contributed by atoms with Crippen molar-refractivity contribution >= 4 is 34.4 Å². The highest BCUT2D eigenvalue weighted by molar-refractivity contribution is 14.1. The molecular weight excluding hydrogens is 415 g/mol. The van der Waals surface area contributed by atoms with Crippen LogP contribution in [0, 0.1) is 9.49 Å². The van der Waals surface area contributed by atoms with Crippen LogP contribution in [0.15, 0.2) is 24.3 Å². The van der Waals surface area contributed by atoms with E-state index in [1.807, 2.05) is 29.2 Å². The van der Waals surface area contributed by atoms with Crippen molar-refractivity contribution in [1.29, 1.82) is 0 Å². The first kappa shape index (κ1) is 17.7. The van der Waals surface area contributed by atoms with Crippen molar-refractivity contribution in [2.75, 3.05) is 26.2 Å². The van der Waals surface area contributed by atoms with Gasteiger partial charge in [0.15, 0.2) is 0 Å². The van der Waals surface area contributed by atoms with Gasteiger partial charge in [-0.3, -0.25) is 9.59 Å². The summed E-state index contributed by atoms with van der Waals surface area (Å²) in [4.78, 5) is 29.2.